The van der Waals surface area contributed by atoms with Gasteiger partial charge in [-0.25, -0.2) is 4.39 Å². The summed E-state index contributed by atoms with van der Waals surface area (Å²) in [4.78, 5) is 2.26. The third kappa shape index (κ3) is 3.41. The predicted octanol–water partition coefficient (Wildman–Crippen LogP) is 2.57. The Morgan fingerprint density at radius 3 is 3.12 bits per heavy atom. The van der Waals surface area contributed by atoms with Crippen molar-refractivity contribution in [2.24, 2.45) is 0 Å². The SMILES string of the molecule is Cc1ccc(F)cc1CN1CCOC(CCl)C1. The number of hydrogen-bond donors (Lipinski definition) is 0. The maximum Gasteiger partial charge on any atom is 0.123 e. The Hall–Kier alpha value is -0.640. The molecular formula is C13H17ClFNO. The van der Waals surface area contributed by atoms with Crippen molar-refractivity contribution >= 4 is 11.6 Å². The molecule has 0 saturated carbocycles. The molecule has 0 amide bonds. The Bertz CT molecular complexity index is 386. The van der Waals surface area contributed by atoms with Crippen LogP contribution in [0.25, 0.3) is 0 Å². The number of alkyl halides is 1. The van der Waals surface area contributed by atoms with Crippen molar-refractivity contribution in [2.75, 3.05) is 25.6 Å². The van der Waals surface area contributed by atoms with E-state index in [1.165, 1.54) is 6.07 Å². The van der Waals surface area contributed by atoms with Crippen LogP contribution in [0.2, 0.25) is 0 Å². The van der Waals surface area contributed by atoms with Crippen LogP contribution in [0.4, 0.5) is 4.39 Å². The average Bonchev–Trinajstić information content (AvgIpc) is 2.34. The number of benzene rings is 1. The van der Waals surface area contributed by atoms with Crippen LogP contribution in [-0.4, -0.2) is 36.6 Å². The third-order valence-electron chi connectivity index (χ3n) is 3.10. The highest BCUT2D eigenvalue weighted by Gasteiger charge is 2.20. The minimum absolute atomic E-state index is 0.0966. The fourth-order valence-corrected chi connectivity index (χ4v) is 2.26. The van der Waals surface area contributed by atoms with E-state index >= 15 is 0 Å². The van der Waals surface area contributed by atoms with Gasteiger partial charge in [0.25, 0.3) is 0 Å². The van der Waals surface area contributed by atoms with E-state index in [9.17, 15) is 4.39 Å². The van der Waals surface area contributed by atoms with Crippen molar-refractivity contribution in [3.05, 3.63) is 35.1 Å². The van der Waals surface area contributed by atoms with E-state index < -0.39 is 0 Å². The molecule has 1 aromatic rings. The van der Waals surface area contributed by atoms with Crippen molar-refractivity contribution in [1.82, 2.24) is 4.90 Å². The van der Waals surface area contributed by atoms with Gasteiger partial charge in [-0.3, -0.25) is 4.90 Å². The maximum atomic E-state index is 13.2. The summed E-state index contributed by atoms with van der Waals surface area (Å²) in [7, 11) is 0. The number of morpholine rings is 1. The zero-order valence-corrected chi connectivity index (χ0v) is 10.7. The first-order valence-corrected chi connectivity index (χ1v) is 6.37. The average molecular weight is 258 g/mol. The molecule has 1 unspecified atom stereocenters. The Morgan fingerprint density at radius 1 is 1.53 bits per heavy atom. The van der Waals surface area contributed by atoms with Gasteiger partial charge in [0.2, 0.25) is 0 Å². The summed E-state index contributed by atoms with van der Waals surface area (Å²) < 4.78 is 18.7. The predicted molar refractivity (Wildman–Crippen MR) is 66.9 cm³/mol. The van der Waals surface area contributed by atoms with Crippen molar-refractivity contribution in [2.45, 2.75) is 19.6 Å². The van der Waals surface area contributed by atoms with E-state index in [1.54, 1.807) is 6.07 Å². The van der Waals surface area contributed by atoms with Gasteiger partial charge in [-0.05, 0) is 30.2 Å². The van der Waals surface area contributed by atoms with Gasteiger partial charge in [-0.15, -0.1) is 11.6 Å². The molecule has 0 N–H and O–H groups in total. The van der Waals surface area contributed by atoms with E-state index in [4.69, 9.17) is 16.3 Å². The van der Waals surface area contributed by atoms with E-state index in [2.05, 4.69) is 4.90 Å². The fraction of sp³-hybridized carbons (Fsp3) is 0.538. The highest BCUT2D eigenvalue weighted by Crippen LogP contribution is 2.15. The van der Waals surface area contributed by atoms with Gasteiger partial charge < -0.3 is 4.74 Å². The van der Waals surface area contributed by atoms with Gasteiger partial charge >= 0.3 is 0 Å². The number of hydrogen-bond acceptors (Lipinski definition) is 2. The van der Waals surface area contributed by atoms with Crippen LogP contribution in [0.3, 0.4) is 0 Å². The van der Waals surface area contributed by atoms with E-state index in [1.807, 2.05) is 13.0 Å². The van der Waals surface area contributed by atoms with E-state index in [0.29, 0.717) is 12.5 Å². The Balaban J connectivity index is 2.02. The minimum atomic E-state index is -0.173. The number of ether oxygens (including phenoxy) is 1. The molecule has 0 spiro atoms. The summed E-state index contributed by atoms with van der Waals surface area (Å²) in [6, 6.07) is 4.93. The molecular weight excluding hydrogens is 241 g/mol. The Labute approximate surface area is 106 Å². The van der Waals surface area contributed by atoms with Gasteiger partial charge in [0.15, 0.2) is 0 Å². The van der Waals surface area contributed by atoms with E-state index in [0.717, 1.165) is 30.8 Å². The van der Waals surface area contributed by atoms with Gasteiger partial charge in [0.1, 0.15) is 5.82 Å². The second-order valence-electron chi connectivity index (χ2n) is 4.45. The second kappa shape index (κ2) is 5.80. The highest BCUT2D eigenvalue weighted by atomic mass is 35.5. The summed E-state index contributed by atoms with van der Waals surface area (Å²) in [5, 5.41) is 0. The lowest BCUT2D eigenvalue weighted by molar-refractivity contribution is -0.0194. The molecule has 4 heteroatoms. The number of aryl methyl sites for hydroxylation is 1. The monoisotopic (exact) mass is 257 g/mol. The molecule has 1 aromatic carbocycles. The van der Waals surface area contributed by atoms with Crippen molar-refractivity contribution in [1.29, 1.82) is 0 Å². The summed E-state index contributed by atoms with van der Waals surface area (Å²) >= 11 is 5.79. The molecule has 17 heavy (non-hydrogen) atoms. The maximum absolute atomic E-state index is 13.2. The number of halogens is 2. The van der Waals surface area contributed by atoms with Gasteiger partial charge in [0, 0.05) is 25.5 Å². The molecule has 2 nitrogen and oxygen atoms in total. The lowest BCUT2D eigenvalue weighted by Crippen LogP contribution is -2.42. The molecule has 0 aromatic heterocycles. The lowest BCUT2D eigenvalue weighted by atomic mass is 10.1. The molecule has 2 rings (SSSR count). The topological polar surface area (TPSA) is 12.5 Å². The molecule has 94 valence electrons. The van der Waals surface area contributed by atoms with Gasteiger partial charge in [0.05, 0.1) is 12.7 Å². The molecule has 1 heterocycles. The largest absolute Gasteiger partial charge is 0.374 e. The van der Waals surface area contributed by atoms with Crippen LogP contribution in [0.15, 0.2) is 18.2 Å². The first-order valence-electron chi connectivity index (χ1n) is 5.84. The standard InChI is InChI=1S/C13H17ClFNO/c1-10-2-3-12(15)6-11(10)8-16-4-5-17-13(7-14)9-16/h2-3,6,13H,4-5,7-9H2,1H3. The van der Waals surface area contributed by atoms with Crippen LogP contribution in [0.5, 0.6) is 0 Å². The molecule has 1 saturated heterocycles. The third-order valence-corrected chi connectivity index (χ3v) is 3.44. The molecule has 1 fully saturated rings. The van der Waals surface area contributed by atoms with E-state index in [-0.39, 0.29) is 11.9 Å². The lowest BCUT2D eigenvalue weighted by Gasteiger charge is -2.32. The molecule has 1 aliphatic heterocycles. The quantitative estimate of drug-likeness (QED) is 0.772. The molecule has 0 aliphatic carbocycles. The van der Waals surface area contributed by atoms with Crippen molar-refractivity contribution < 1.29 is 9.13 Å². The number of rotatable bonds is 3. The zero-order chi connectivity index (χ0) is 12.3. The van der Waals surface area contributed by atoms with Gasteiger partial charge in [-0.2, -0.15) is 0 Å². The van der Waals surface area contributed by atoms with Crippen molar-refractivity contribution in [3.63, 3.8) is 0 Å². The fourth-order valence-electron chi connectivity index (χ4n) is 2.07. The van der Waals surface area contributed by atoms with Gasteiger partial charge in [-0.1, -0.05) is 6.07 Å². The van der Waals surface area contributed by atoms with Crippen LogP contribution < -0.4 is 0 Å². The van der Waals surface area contributed by atoms with Crippen LogP contribution in [-0.2, 0) is 11.3 Å². The summed E-state index contributed by atoms with van der Waals surface area (Å²) in [5.74, 6) is 0.339. The minimum Gasteiger partial charge on any atom is -0.374 e. The zero-order valence-electron chi connectivity index (χ0n) is 9.96. The van der Waals surface area contributed by atoms with Crippen LogP contribution >= 0.6 is 11.6 Å². The van der Waals surface area contributed by atoms with Crippen LogP contribution in [0, 0.1) is 12.7 Å². The first-order chi connectivity index (χ1) is 8.19. The van der Waals surface area contributed by atoms with Crippen molar-refractivity contribution in [3.8, 4) is 0 Å². The second-order valence-corrected chi connectivity index (χ2v) is 4.76. The molecule has 0 radical (unpaired) electrons. The normalized spacial score (nSPS) is 21.7. The smallest absolute Gasteiger partial charge is 0.123 e. The summed E-state index contributed by atoms with van der Waals surface area (Å²) in [5.41, 5.74) is 2.17. The first kappa shape index (κ1) is 12.8. The Morgan fingerprint density at radius 2 is 2.35 bits per heavy atom. The highest BCUT2D eigenvalue weighted by molar-refractivity contribution is 6.18. The number of nitrogens with zero attached hydrogens (tertiary/aromatic N) is 1. The Kier molecular flexibility index (Phi) is 4.37. The summed E-state index contributed by atoms with van der Waals surface area (Å²) in [6.07, 6.45) is 0.0966. The molecule has 1 aliphatic rings. The molecule has 1 atom stereocenters. The molecule has 0 bridgehead atoms. The van der Waals surface area contributed by atoms with Crippen LogP contribution in [0.1, 0.15) is 11.1 Å². The summed E-state index contributed by atoms with van der Waals surface area (Å²) in [6.45, 7) is 5.17.